The Labute approximate surface area is 89.5 Å². The number of hydrogen-bond acceptors (Lipinski definition) is 1. The molecular weight excluding hydrogens is 203 g/mol. The van der Waals surface area contributed by atoms with Gasteiger partial charge in [0.2, 0.25) is 0 Å². The molecule has 0 N–H and O–H groups in total. The van der Waals surface area contributed by atoms with Crippen LogP contribution in [-0.4, -0.2) is 0 Å². The van der Waals surface area contributed by atoms with Crippen LogP contribution in [0.15, 0.2) is 59.0 Å². The van der Waals surface area contributed by atoms with Crippen LogP contribution >= 0.6 is 8.19 Å². The summed E-state index contributed by atoms with van der Waals surface area (Å²) >= 11 is 0. The summed E-state index contributed by atoms with van der Waals surface area (Å²) in [6.07, 6.45) is 0. The fourth-order valence-electron chi connectivity index (χ4n) is 1.58. The first-order chi connectivity index (χ1) is 7.43. The molecule has 15 heavy (non-hydrogen) atoms. The molecule has 0 atom stereocenters. The quantitative estimate of drug-likeness (QED) is 0.570. The van der Waals surface area contributed by atoms with Crippen molar-refractivity contribution < 1.29 is 4.42 Å². The van der Waals surface area contributed by atoms with Gasteiger partial charge in [0.15, 0.2) is 5.49 Å². The maximum absolute atomic E-state index is 5.80. The van der Waals surface area contributed by atoms with E-state index in [4.69, 9.17) is 4.42 Å². The van der Waals surface area contributed by atoms with E-state index in [-0.39, 0.29) is 0 Å². The Balaban J connectivity index is 2.21. The van der Waals surface area contributed by atoms with Crippen LogP contribution < -0.4 is 0 Å². The molecule has 1 nitrogen and oxygen atoms in total. The van der Waals surface area contributed by atoms with Gasteiger partial charge in [-0.3, -0.25) is 0 Å². The molecule has 2 aromatic carbocycles. The third kappa shape index (κ3) is 1.55. The number of para-hydroxylation sites is 1. The highest BCUT2D eigenvalue weighted by molar-refractivity contribution is 7.40. The molecule has 0 amide bonds. The monoisotopic (exact) mass is 212 g/mol. The van der Waals surface area contributed by atoms with Crippen molar-refractivity contribution in [3.63, 3.8) is 0 Å². The highest BCUT2D eigenvalue weighted by Crippen LogP contribution is 2.37. The Hall–Kier alpha value is -1.59. The van der Waals surface area contributed by atoms with E-state index in [2.05, 4.69) is 18.2 Å². The third-order valence-electron chi connectivity index (χ3n) is 2.31. The molecule has 72 valence electrons. The second kappa shape index (κ2) is 3.52. The van der Waals surface area contributed by atoms with Crippen LogP contribution in [0.25, 0.3) is 21.8 Å². The Bertz CT molecular complexity index is 551. The first-order valence-corrected chi connectivity index (χ1v) is 5.74. The van der Waals surface area contributed by atoms with Crippen LogP contribution in [0.2, 0.25) is 0 Å². The first-order valence-electron chi connectivity index (χ1n) is 4.84. The molecule has 1 aromatic heterocycles. The Morgan fingerprint density at radius 2 is 1.53 bits per heavy atom. The van der Waals surface area contributed by atoms with Crippen LogP contribution in [0.3, 0.4) is 0 Å². The second-order valence-corrected chi connectivity index (χ2v) is 4.46. The van der Waals surface area contributed by atoms with Crippen LogP contribution in [0.1, 0.15) is 0 Å². The highest BCUT2D eigenvalue weighted by Gasteiger charge is 2.04. The van der Waals surface area contributed by atoms with Gasteiger partial charge in [-0.05, 0) is 20.3 Å². The molecule has 0 aliphatic rings. The molecule has 2 heteroatoms. The normalized spacial score (nSPS) is 11.2. The Morgan fingerprint density at radius 1 is 0.800 bits per heavy atom. The molecule has 0 bridgehead atoms. The molecule has 0 spiro atoms. The summed E-state index contributed by atoms with van der Waals surface area (Å²) < 4.78 is 5.80. The summed E-state index contributed by atoms with van der Waals surface area (Å²) in [4.78, 5) is 0. The number of hydrogen-bond donors (Lipinski definition) is 0. The Morgan fingerprint density at radius 3 is 2.33 bits per heavy atom. The van der Waals surface area contributed by atoms with Crippen molar-refractivity contribution in [2.45, 2.75) is 0 Å². The van der Waals surface area contributed by atoms with Gasteiger partial charge < -0.3 is 4.42 Å². The molecule has 0 saturated carbocycles. The lowest BCUT2D eigenvalue weighted by Gasteiger charge is -1.92. The predicted octanol–water partition coefficient (Wildman–Crippen LogP) is 4.68. The van der Waals surface area contributed by atoms with Gasteiger partial charge in [0.1, 0.15) is 5.58 Å². The summed E-state index contributed by atoms with van der Waals surface area (Å²) in [5, 5.41) is 1.25. The standard InChI is InChI=1S/C13H9OP/c1-2-6-10(7-3-1)13-14-11-8-4-5-9-12(11)15-13/h1-9H. The largest absolute Gasteiger partial charge is 0.451 e. The average Bonchev–Trinajstić information content (AvgIpc) is 2.74. The summed E-state index contributed by atoms with van der Waals surface area (Å²) in [5.74, 6) is 0. The van der Waals surface area contributed by atoms with Crippen molar-refractivity contribution in [1.82, 2.24) is 0 Å². The van der Waals surface area contributed by atoms with Gasteiger partial charge in [0.05, 0.1) is 0 Å². The zero-order valence-electron chi connectivity index (χ0n) is 8.05. The van der Waals surface area contributed by atoms with E-state index < -0.39 is 0 Å². The summed E-state index contributed by atoms with van der Waals surface area (Å²) in [6.45, 7) is 0. The minimum Gasteiger partial charge on any atom is -0.451 e. The fraction of sp³-hybridized carbons (Fsp3) is 0. The molecular formula is C13H9OP. The molecule has 0 unspecified atom stereocenters. The lowest BCUT2D eigenvalue weighted by atomic mass is 10.2. The van der Waals surface area contributed by atoms with Gasteiger partial charge in [0.25, 0.3) is 0 Å². The minimum absolute atomic E-state index is 0.984. The molecule has 3 aromatic rings. The first kappa shape index (κ1) is 8.70. The molecule has 0 saturated heterocycles. The van der Waals surface area contributed by atoms with Gasteiger partial charge in [-0.2, -0.15) is 0 Å². The van der Waals surface area contributed by atoms with Gasteiger partial charge in [0, 0.05) is 10.7 Å². The van der Waals surface area contributed by atoms with E-state index in [1.165, 1.54) is 5.12 Å². The van der Waals surface area contributed by atoms with Gasteiger partial charge in [-0.1, -0.05) is 42.5 Å². The lowest BCUT2D eigenvalue weighted by molar-refractivity contribution is 0.639. The van der Waals surface area contributed by atoms with E-state index in [1.54, 1.807) is 0 Å². The van der Waals surface area contributed by atoms with Crippen LogP contribution in [0.4, 0.5) is 0 Å². The smallest absolute Gasteiger partial charge is 0.161 e. The fourth-order valence-corrected chi connectivity index (χ4v) is 2.61. The number of rotatable bonds is 1. The number of fused-ring (bicyclic) bond motifs is 1. The van der Waals surface area contributed by atoms with Crippen molar-refractivity contribution >= 4 is 18.9 Å². The van der Waals surface area contributed by atoms with E-state index >= 15 is 0 Å². The second-order valence-electron chi connectivity index (χ2n) is 3.35. The van der Waals surface area contributed by atoms with E-state index in [0.29, 0.717) is 0 Å². The zero-order valence-corrected chi connectivity index (χ0v) is 8.95. The van der Waals surface area contributed by atoms with E-state index in [0.717, 1.165) is 24.8 Å². The molecule has 0 fully saturated rings. The molecule has 0 radical (unpaired) electrons. The SMILES string of the molecule is c1ccc(-c2oc3ccccc3p2)cc1. The predicted molar refractivity (Wildman–Crippen MR) is 64.2 cm³/mol. The summed E-state index contributed by atoms with van der Waals surface area (Å²) in [5.41, 5.74) is 3.17. The van der Waals surface area contributed by atoms with Crippen molar-refractivity contribution in [3.05, 3.63) is 54.6 Å². The maximum atomic E-state index is 5.80. The van der Waals surface area contributed by atoms with Gasteiger partial charge in [-0.25, -0.2) is 0 Å². The van der Waals surface area contributed by atoms with Crippen LogP contribution in [-0.2, 0) is 0 Å². The van der Waals surface area contributed by atoms with E-state index in [9.17, 15) is 0 Å². The zero-order chi connectivity index (χ0) is 10.1. The van der Waals surface area contributed by atoms with Crippen molar-refractivity contribution in [1.29, 1.82) is 0 Å². The topological polar surface area (TPSA) is 13.1 Å². The molecule has 1 heterocycles. The minimum atomic E-state index is 0.984. The van der Waals surface area contributed by atoms with Gasteiger partial charge in [-0.15, -0.1) is 0 Å². The molecule has 0 aliphatic carbocycles. The Kier molecular flexibility index (Phi) is 2.04. The van der Waals surface area contributed by atoms with Crippen molar-refractivity contribution in [3.8, 4) is 11.1 Å². The van der Waals surface area contributed by atoms with Gasteiger partial charge >= 0.3 is 0 Å². The molecule has 3 rings (SSSR count). The van der Waals surface area contributed by atoms with Crippen LogP contribution in [0, 0.1) is 0 Å². The van der Waals surface area contributed by atoms with Crippen molar-refractivity contribution in [2.75, 3.05) is 0 Å². The number of benzene rings is 2. The lowest BCUT2D eigenvalue weighted by Crippen LogP contribution is -1.67. The third-order valence-corrected chi connectivity index (χ3v) is 3.48. The average molecular weight is 212 g/mol. The highest BCUT2D eigenvalue weighted by atomic mass is 31.0. The van der Waals surface area contributed by atoms with Crippen LogP contribution in [0.5, 0.6) is 0 Å². The summed E-state index contributed by atoms with van der Waals surface area (Å²) in [6, 6.07) is 18.4. The van der Waals surface area contributed by atoms with Crippen molar-refractivity contribution in [2.24, 2.45) is 0 Å². The van der Waals surface area contributed by atoms with E-state index in [1.807, 2.05) is 36.4 Å². The molecule has 0 aliphatic heterocycles. The summed E-state index contributed by atoms with van der Waals surface area (Å²) in [7, 11) is 1.16. The maximum Gasteiger partial charge on any atom is 0.161 e.